The van der Waals surface area contributed by atoms with Gasteiger partial charge in [-0.3, -0.25) is 4.79 Å². The minimum Gasteiger partial charge on any atom is -0.489 e. The van der Waals surface area contributed by atoms with Gasteiger partial charge in [0.15, 0.2) is 0 Å². The lowest BCUT2D eigenvalue weighted by atomic mass is 10.1. The maximum Gasteiger partial charge on any atom is 0.257 e. The van der Waals surface area contributed by atoms with Gasteiger partial charge >= 0.3 is 0 Å². The molecule has 1 aromatic rings. The highest BCUT2D eigenvalue weighted by atomic mass is 16.5. The molecule has 0 aliphatic carbocycles. The van der Waals surface area contributed by atoms with Gasteiger partial charge in [0.1, 0.15) is 12.9 Å². The minimum atomic E-state index is 0.0546. The second kappa shape index (κ2) is 5.01. The number of ether oxygens (including phenoxy) is 1. The van der Waals surface area contributed by atoms with E-state index in [0.29, 0.717) is 11.3 Å². The first-order valence-electron chi connectivity index (χ1n) is 5.63. The Hall–Kier alpha value is -1.51. The summed E-state index contributed by atoms with van der Waals surface area (Å²) in [5, 5.41) is 0. The van der Waals surface area contributed by atoms with Gasteiger partial charge in [-0.1, -0.05) is 12.1 Å². The number of rotatable bonds is 2. The number of benzene rings is 1. The highest BCUT2D eigenvalue weighted by molar-refractivity contribution is 5.97. The van der Waals surface area contributed by atoms with Gasteiger partial charge in [-0.2, -0.15) is 0 Å². The number of carbonyl (C=O) groups excluding carboxylic acids is 1. The molecule has 2 rings (SSSR count). The van der Waals surface area contributed by atoms with Crippen LogP contribution in [0.2, 0.25) is 0 Å². The second-order valence-corrected chi connectivity index (χ2v) is 3.99. The fourth-order valence-corrected chi connectivity index (χ4v) is 2.04. The van der Waals surface area contributed by atoms with Crippen molar-refractivity contribution in [3.63, 3.8) is 0 Å². The average molecular weight is 218 g/mol. The molecule has 85 valence electrons. The number of likely N-dealkylation sites (tertiary alicyclic amines) is 1. The van der Waals surface area contributed by atoms with E-state index in [-0.39, 0.29) is 5.91 Å². The Balaban J connectivity index is 2.19. The first-order valence-corrected chi connectivity index (χ1v) is 5.63. The Morgan fingerprint density at radius 3 is 2.56 bits per heavy atom. The summed E-state index contributed by atoms with van der Waals surface area (Å²) in [5.41, 5.74) is 0.611. The van der Waals surface area contributed by atoms with E-state index in [1.54, 1.807) is 12.1 Å². The zero-order valence-corrected chi connectivity index (χ0v) is 9.32. The quantitative estimate of drug-likeness (QED) is 0.763. The van der Waals surface area contributed by atoms with E-state index in [9.17, 15) is 4.79 Å². The van der Waals surface area contributed by atoms with Crippen molar-refractivity contribution in [2.45, 2.75) is 19.3 Å². The van der Waals surface area contributed by atoms with Crippen LogP contribution in [0.25, 0.3) is 0 Å². The largest absolute Gasteiger partial charge is 0.489 e. The maximum atomic E-state index is 12.2. The van der Waals surface area contributed by atoms with Crippen molar-refractivity contribution < 1.29 is 9.53 Å². The Bertz CT molecular complexity index is 370. The molecule has 1 aliphatic rings. The van der Waals surface area contributed by atoms with Crippen LogP contribution >= 0.6 is 0 Å². The number of hydrogen-bond donors (Lipinski definition) is 0. The van der Waals surface area contributed by atoms with Crippen LogP contribution in [0.15, 0.2) is 24.3 Å². The van der Waals surface area contributed by atoms with Crippen molar-refractivity contribution in [2.24, 2.45) is 0 Å². The molecule has 1 radical (unpaired) electrons. The normalized spacial score (nSPS) is 15.9. The standard InChI is InChI=1S/C13H16NO2/c1-16-12-8-4-3-7-11(12)13(15)14-9-5-2-6-10-14/h3-4,7-8H,1-2,5-6,9-10H2. The first kappa shape index (κ1) is 11.0. The molecule has 0 atom stereocenters. The molecule has 0 bridgehead atoms. The van der Waals surface area contributed by atoms with Crippen molar-refractivity contribution in [3.8, 4) is 5.75 Å². The molecule has 3 heteroatoms. The third-order valence-electron chi connectivity index (χ3n) is 2.92. The van der Waals surface area contributed by atoms with Crippen LogP contribution in [0.3, 0.4) is 0 Å². The van der Waals surface area contributed by atoms with E-state index in [2.05, 4.69) is 7.11 Å². The number of carbonyl (C=O) groups is 1. The Morgan fingerprint density at radius 1 is 1.19 bits per heavy atom. The molecule has 1 aromatic carbocycles. The van der Waals surface area contributed by atoms with Crippen molar-refractivity contribution in [1.29, 1.82) is 0 Å². The molecule has 3 nitrogen and oxygen atoms in total. The summed E-state index contributed by atoms with van der Waals surface area (Å²) in [6.07, 6.45) is 3.41. The van der Waals surface area contributed by atoms with E-state index < -0.39 is 0 Å². The van der Waals surface area contributed by atoms with Crippen molar-refractivity contribution in [2.75, 3.05) is 13.1 Å². The maximum absolute atomic E-state index is 12.2. The van der Waals surface area contributed by atoms with Crippen molar-refractivity contribution in [3.05, 3.63) is 36.9 Å². The lowest BCUT2D eigenvalue weighted by Gasteiger charge is -2.27. The zero-order chi connectivity index (χ0) is 11.4. The molecule has 1 aliphatic heterocycles. The number of piperidine rings is 1. The summed E-state index contributed by atoms with van der Waals surface area (Å²) in [7, 11) is 3.37. The van der Waals surface area contributed by atoms with Crippen LogP contribution in [0.4, 0.5) is 0 Å². The van der Waals surface area contributed by atoms with Gasteiger partial charge in [0.25, 0.3) is 5.91 Å². The van der Waals surface area contributed by atoms with E-state index in [0.717, 1.165) is 25.9 Å². The number of para-hydroxylation sites is 1. The van der Waals surface area contributed by atoms with E-state index >= 15 is 0 Å². The lowest BCUT2D eigenvalue weighted by Crippen LogP contribution is -2.35. The third kappa shape index (κ3) is 2.18. The van der Waals surface area contributed by atoms with Crippen LogP contribution in [0, 0.1) is 7.11 Å². The molecule has 1 heterocycles. The number of hydrogen-bond acceptors (Lipinski definition) is 2. The van der Waals surface area contributed by atoms with Crippen molar-refractivity contribution >= 4 is 5.91 Å². The molecule has 16 heavy (non-hydrogen) atoms. The van der Waals surface area contributed by atoms with Crippen LogP contribution < -0.4 is 4.74 Å². The molecule has 0 aromatic heterocycles. The highest BCUT2D eigenvalue weighted by Gasteiger charge is 2.20. The van der Waals surface area contributed by atoms with Gasteiger partial charge in [0.05, 0.1) is 5.56 Å². The fourth-order valence-electron chi connectivity index (χ4n) is 2.04. The van der Waals surface area contributed by atoms with Gasteiger partial charge in [0.2, 0.25) is 0 Å². The molecule has 0 saturated carbocycles. The first-order chi connectivity index (χ1) is 7.83. The Kier molecular flexibility index (Phi) is 3.44. The van der Waals surface area contributed by atoms with Crippen LogP contribution in [-0.2, 0) is 0 Å². The summed E-state index contributed by atoms with van der Waals surface area (Å²) in [6.45, 7) is 1.70. The van der Waals surface area contributed by atoms with Gasteiger partial charge in [-0.15, -0.1) is 0 Å². The summed E-state index contributed by atoms with van der Waals surface area (Å²) in [4.78, 5) is 14.1. The van der Waals surface area contributed by atoms with Crippen LogP contribution in [0.1, 0.15) is 29.6 Å². The van der Waals surface area contributed by atoms with E-state index in [1.807, 2.05) is 17.0 Å². The molecular weight excluding hydrogens is 202 g/mol. The summed E-state index contributed by atoms with van der Waals surface area (Å²) in [6, 6.07) is 7.24. The molecule has 1 fully saturated rings. The molecule has 1 saturated heterocycles. The van der Waals surface area contributed by atoms with Gasteiger partial charge < -0.3 is 9.64 Å². The summed E-state index contributed by atoms with van der Waals surface area (Å²) >= 11 is 0. The molecule has 0 unspecified atom stereocenters. The van der Waals surface area contributed by atoms with E-state index in [1.165, 1.54) is 6.42 Å². The lowest BCUT2D eigenvalue weighted by molar-refractivity contribution is 0.0721. The smallest absolute Gasteiger partial charge is 0.257 e. The highest BCUT2D eigenvalue weighted by Crippen LogP contribution is 2.21. The predicted octanol–water partition coefficient (Wildman–Crippen LogP) is 2.48. The van der Waals surface area contributed by atoms with Crippen molar-refractivity contribution in [1.82, 2.24) is 4.90 Å². The number of nitrogens with zero attached hydrogens (tertiary/aromatic N) is 1. The topological polar surface area (TPSA) is 29.5 Å². The monoisotopic (exact) mass is 218 g/mol. The SMILES string of the molecule is [CH2]Oc1ccccc1C(=O)N1CCCCC1. The van der Waals surface area contributed by atoms with Gasteiger partial charge in [-0.05, 0) is 31.4 Å². The van der Waals surface area contributed by atoms with Gasteiger partial charge in [0, 0.05) is 13.1 Å². The molecule has 0 N–H and O–H groups in total. The molecule has 1 amide bonds. The van der Waals surface area contributed by atoms with Crippen LogP contribution in [0.5, 0.6) is 5.75 Å². The summed E-state index contributed by atoms with van der Waals surface area (Å²) in [5.74, 6) is 0.608. The average Bonchev–Trinajstić information content (AvgIpc) is 2.39. The second-order valence-electron chi connectivity index (χ2n) is 3.99. The minimum absolute atomic E-state index is 0.0546. The third-order valence-corrected chi connectivity index (χ3v) is 2.92. The predicted molar refractivity (Wildman–Crippen MR) is 62.2 cm³/mol. The summed E-state index contributed by atoms with van der Waals surface area (Å²) < 4.78 is 4.96. The fraction of sp³-hybridized carbons (Fsp3) is 0.385. The zero-order valence-electron chi connectivity index (χ0n) is 9.32. The Morgan fingerprint density at radius 2 is 1.88 bits per heavy atom. The Labute approximate surface area is 96.0 Å². The number of amides is 1. The molecule has 0 spiro atoms. The molecular formula is C13H16NO2. The van der Waals surface area contributed by atoms with E-state index in [4.69, 9.17) is 4.74 Å². The van der Waals surface area contributed by atoms with Gasteiger partial charge in [-0.25, -0.2) is 0 Å². The van der Waals surface area contributed by atoms with Crippen LogP contribution in [-0.4, -0.2) is 23.9 Å².